The number of rotatable bonds is 5. The van der Waals surface area contributed by atoms with Crippen LogP contribution in [0.15, 0.2) is 0 Å². The molecule has 0 aromatic rings. The Morgan fingerprint density at radius 3 is 2.73 bits per heavy atom. The lowest BCUT2D eigenvalue weighted by atomic mass is 10.1. The molecule has 0 aromatic heterocycles. The Labute approximate surface area is 68.3 Å². The van der Waals surface area contributed by atoms with Crippen LogP contribution in [0.25, 0.3) is 0 Å². The third-order valence-corrected chi connectivity index (χ3v) is 1.60. The summed E-state index contributed by atoms with van der Waals surface area (Å²) in [6, 6.07) is 0. The molecule has 0 bridgehead atoms. The van der Waals surface area contributed by atoms with Crippen molar-refractivity contribution in [2.45, 2.75) is 26.7 Å². The molecule has 0 saturated carbocycles. The fourth-order valence-electron chi connectivity index (χ4n) is 0.886. The summed E-state index contributed by atoms with van der Waals surface area (Å²) in [5.41, 5.74) is 5.35. The normalized spacial score (nSPS) is 12.6. The average molecular weight is 158 g/mol. The topological polar surface area (TPSA) is 55.1 Å². The van der Waals surface area contributed by atoms with Crippen LogP contribution in [-0.4, -0.2) is 19.0 Å². The minimum Gasteiger partial charge on any atom is -0.356 e. The van der Waals surface area contributed by atoms with Crippen molar-refractivity contribution in [1.82, 2.24) is 5.32 Å². The average Bonchev–Trinajstić information content (AvgIpc) is 1.97. The van der Waals surface area contributed by atoms with E-state index in [4.69, 9.17) is 5.73 Å². The lowest BCUT2D eigenvalue weighted by Crippen LogP contribution is -2.25. The van der Waals surface area contributed by atoms with Gasteiger partial charge in [0.05, 0.1) is 0 Å². The summed E-state index contributed by atoms with van der Waals surface area (Å²) in [7, 11) is 0. The number of nitrogens with two attached hydrogens (primary N) is 1. The molecule has 0 aromatic carbocycles. The number of hydrogen-bond acceptors (Lipinski definition) is 2. The molecule has 3 nitrogen and oxygen atoms in total. The minimum absolute atomic E-state index is 0.0459. The van der Waals surface area contributed by atoms with Crippen LogP contribution in [-0.2, 0) is 4.79 Å². The SMILES string of the molecule is CC(=O)NC[C@H](C)CCCN. The molecule has 66 valence electrons. The Morgan fingerprint density at radius 2 is 2.27 bits per heavy atom. The lowest BCUT2D eigenvalue weighted by Gasteiger charge is -2.10. The van der Waals surface area contributed by atoms with Crippen LogP contribution in [0.4, 0.5) is 0 Å². The molecule has 0 heterocycles. The first-order valence-corrected chi connectivity index (χ1v) is 4.11. The van der Waals surface area contributed by atoms with Gasteiger partial charge in [-0.25, -0.2) is 0 Å². The summed E-state index contributed by atoms with van der Waals surface area (Å²) in [4.78, 5) is 10.5. The van der Waals surface area contributed by atoms with Crippen molar-refractivity contribution in [3.8, 4) is 0 Å². The molecular formula is C8H18N2O. The zero-order valence-electron chi connectivity index (χ0n) is 7.39. The van der Waals surface area contributed by atoms with E-state index < -0.39 is 0 Å². The highest BCUT2D eigenvalue weighted by Gasteiger charge is 2.00. The van der Waals surface area contributed by atoms with E-state index in [0.29, 0.717) is 5.92 Å². The van der Waals surface area contributed by atoms with Crippen molar-refractivity contribution in [3.05, 3.63) is 0 Å². The Bertz CT molecular complexity index is 115. The van der Waals surface area contributed by atoms with E-state index in [9.17, 15) is 4.79 Å². The van der Waals surface area contributed by atoms with Gasteiger partial charge in [0.25, 0.3) is 0 Å². The number of hydrogen-bond donors (Lipinski definition) is 2. The van der Waals surface area contributed by atoms with Crippen molar-refractivity contribution < 1.29 is 4.79 Å². The highest BCUT2D eigenvalue weighted by Crippen LogP contribution is 2.01. The van der Waals surface area contributed by atoms with Gasteiger partial charge in [0.1, 0.15) is 0 Å². The van der Waals surface area contributed by atoms with Crippen LogP contribution in [0.1, 0.15) is 26.7 Å². The van der Waals surface area contributed by atoms with Gasteiger partial charge in [0.15, 0.2) is 0 Å². The predicted octanol–water partition coefficient (Wildman–Crippen LogP) is 0.497. The van der Waals surface area contributed by atoms with E-state index in [1.165, 1.54) is 6.92 Å². The summed E-state index contributed by atoms with van der Waals surface area (Å²) in [6.07, 6.45) is 2.14. The molecule has 0 spiro atoms. The van der Waals surface area contributed by atoms with E-state index in [1.807, 2.05) is 0 Å². The first-order chi connectivity index (χ1) is 5.16. The van der Waals surface area contributed by atoms with Gasteiger partial charge in [-0.3, -0.25) is 4.79 Å². The largest absolute Gasteiger partial charge is 0.356 e. The van der Waals surface area contributed by atoms with Crippen molar-refractivity contribution in [3.63, 3.8) is 0 Å². The maximum Gasteiger partial charge on any atom is 0.216 e. The number of amides is 1. The molecule has 0 fully saturated rings. The zero-order valence-corrected chi connectivity index (χ0v) is 7.39. The molecular weight excluding hydrogens is 140 g/mol. The summed E-state index contributed by atoms with van der Waals surface area (Å²) in [5.74, 6) is 0.590. The van der Waals surface area contributed by atoms with E-state index in [2.05, 4.69) is 12.2 Å². The van der Waals surface area contributed by atoms with Gasteiger partial charge < -0.3 is 11.1 Å². The predicted molar refractivity (Wildman–Crippen MR) is 46.1 cm³/mol. The fraction of sp³-hybridized carbons (Fsp3) is 0.875. The van der Waals surface area contributed by atoms with Gasteiger partial charge >= 0.3 is 0 Å². The standard InChI is InChI=1S/C8H18N2O/c1-7(4-3-5-9)6-10-8(2)11/h7H,3-6,9H2,1-2H3,(H,10,11)/t7-/m1/s1. The first-order valence-electron chi connectivity index (χ1n) is 4.11. The molecule has 0 aliphatic heterocycles. The molecule has 0 saturated heterocycles. The number of carbonyl (C=O) groups is 1. The third kappa shape index (κ3) is 7.33. The molecule has 1 amide bonds. The van der Waals surface area contributed by atoms with Crippen LogP contribution < -0.4 is 11.1 Å². The molecule has 0 aliphatic rings. The second-order valence-corrected chi connectivity index (χ2v) is 2.97. The van der Waals surface area contributed by atoms with E-state index in [-0.39, 0.29) is 5.91 Å². The van der Waals surface area contributed by atoms with Gasteiger partial charge in [-0.05, 0) is 25.3 Å². The highest BCUT2D eigenvalue weighted by atomic mass is 16.1. The Hall–Kier alpha value is -0.570. The molecule has 0 radical (unpaired) electrons. The minimum atomic E-state index is 0.0459. The van der Waals surface area contributed by atoms with Crippen LogP contribution in [0, 0.1) is 5.92 Å². The van der Waals surface area contributed by atoms with E-state index >= 15 is 0 Å². The van der Waals surface area contributed by atoms with E-state index in [1.54, 1.807) is 0 Å². The Kier molecular flexibility index (Phi) is 5.84. The Morgan fingerprint density at radius 1 is 1.64 bits per heavy atom. The molecule has 3 N–H and O–H groups in total. The summed E-state index contributed by atoms with van der Waals surface area (Å²) < 4.78 is 0. The van der Waals surface area contributed by atoms with Gasteiger partial charge in [0.2, 0.25) is 5.91 Å². The quantitative estimate of drug-likeness (QED) is 0.612. The van der Waals surface area contributed by atoms with Gasteiger partial charge in [-0.2, -0.15) is 0 Å². The molecule has 0 unspecified atom stereocenters. The first kappa shape index (κ1) is 10.4. The maximum atomic E-state index is 10.5. The fourth-order valence-corrected chi connectivity index (χ4v) is 0.886. The van der Waals surface area contributed by atoms with Crippen molar-refractivity contribution in [2.75, 3.05) is 13.1 Å². The van der Waals surface area contributed by atoms with Crippen LogP contribution in [0.2, 0.25) is 0 Å². The second kappa shape index (κ2) is 6.16. The summed E-state index contributed by atoms with van der Waals surface area (Å²) in [6.45, 7) is 5.17. The van der Waals surface area contributed by atoms with Crippen molar-refractivity contribution >= 4 is 5.91 Å². The van der Waals surface area contributed by atoms with Crippen LogP contribution in [0.5, 0.6) is 0 Å². The monoisotopic (exact) mass is 158 g/mol. The number of carbonyl (C=O) groups excluding carboxylic acids is 1. The second-order valence-electron chi connectivity index (χ2n) is 2.97. The van der Waals surface area contributed by atoms with Gasteiger partial charge in [-0.1, -0.05) is 6.92 Å². The molecule has 3 heteroatoms. The molecule has 0 rings (SSSR count). The zero-order chi connectivity index (χ0) is 8.69. The van der Waals surface area contributed by atoms with E-state index in [0.717, 1.165) is 25.9 Å². The highest BCUT2D eigenvalue weighted by molar-refractivity contribution is 5.72. The lowest BCUT2D eigenvalue weighted by molar-refractivity contribution is -0.119. The van der Waals surface area contributed by atoms with Gasteiger partial charge in [-0.15, -0.1) is 0 Å². The summed E-state index contributed by atoms with van der Waals surface area (Å²) in [5, 5.41) is 2.77. The molecule has 1 atom stereocenters. The van der Waals surface area contributed by atoms with Crippen LogP contribution in [0.3, 0.4) is 0 Å². The maximum absolute atomic E-state index is 10.5. The third-order valence-electron chi connectivity index (χ3n) is 1.60. The molecule has 0 aliphatic carbocycles. The molecule has 11 heavy (non-hydrogen) atoms. The Balaban J connectivity index is 3.22. The number of nitrogens with one attached hydrogen (secondary N) is 1. The van der Waals surface area contributed by atoms with Crippen LogP contribution >= 0.6 is 0 Å². The van der Waals surface area contributed by atoms with Gasteiger partial charge in [0, 0.05) is 13.5 Å². The smallest absolute Gasteiger partial charge is 0.216 e. The summed E-state index contributed by atoms with van der Waals surface area (Å²) >= 11 is 0. The van der Waals surface area contributed by atoms with Crippen molar-refractivity contribution in [2.24, 2.45) is 11.7 Å². The van der Waals surface area contributed by atoms with Crippen molar-refractivity contribution in [1.29, 1.82) is 0 Å².